The monoisotopic (exact) mass is 823 g/mol. The zero-order valence-electron chi connectivity index (χ0n) is 34.0. The number of rotatable bonds is 17. The Hall–Kier alpha value is -3.79. The summed E-state index contributed by atoms with van der Waals surface area (Å²) < 4.78 is 42.2. The number of carbonyl (C=O) groups is 4. The van der Waals surface area contributed by atoms with Crippen LogP contribution >= 0.6 is 0 Å². The van der Waals surface area contributed by atoms with Gasteiger partial charge in [0.2, 0.25) is 11.7 Å². The highest BCUT2D eigenvalue weighted by atomic mass is 16.7. The first-order valence-electron chi connectivity index (χ1n) is 19.5. The van der Waals surface area contributed by atoms with Crippen LogP contribution in [0.1, 0.15) is 66.2 Å². The van der Waals surface area contributed by atoms with Gasteiger partial charge in [0.05, 0.1) is 49.1 Å². The molecule has 19 heteroatoms. The Morgan fingerprint density at radius 1 is 1.09 bits per heavy atom. The molecule has 326 valence electrons. The van der Waals surface area contributed by atoms with E-state index in [1.807, 2.05) is 27.7 Å². The summed E-state index contributed by atoms with van der Waals surface area (Å²) in [6.45, 7) is 11.9. The van der Waals surface area contributed by atoms with Crippen LogP contribution < -0.4 is 32.2 Å². The molecule has 0 aliphatic carbocycles. The summed E-state index contributed by atoms with van der Waals surface area (Å²) in [5.74, 6) is -5.22. The Morgan fingerprint density at radius 3 is 2.43 bits per heavy atom. The lowest BCUT2D eigenvalue weighted by atomic mass is 9.72. The number of aliphatic carboxylic acids is 1. The van der Waals surface area contributed by atoms with E-state index >= 15 is 0 Å². The number of carbonyl (C=O) groups excluding carboxylic acids is 4. The van der Waals surface area contributed by atoms with Crippen molar-refractivity contribution in [2.45, 2.75) is 139 Å². The number of nitrogens with one attached hydrogen (secondary N) is 3. The van der Waals surface area contributed by atoms with Gasteiger partial charge in [-0.05, 0) is 38.7 Å². The average molecular weight is 824 g/mol. The molecule has 4 aliphatic heterocycles. The lowest BCUT2D eigenvalue weighted by molar-refractivity contribution is -0.459. The number of ether oxygens (including phenoxy) is 7. The minimum absolute atomic E-state index is 0.00894. The van der Waals surface area contributed by atoms with Crippen LogP contribution in [-0.4, -0.2) is 140 Å². The predicted molar refractivity (Wildman–Crippen MR) is 202 cm³/mol. The Balaban J connectivity index is 1.39. The Bertz CT molecular complexity index is 1570. The van der Waals surface area contributed by atoms with Gasteiger partial charge in [-0.15, -0.1) is 0 Å². The molecule has 4 fully saturated rings. The molecule has 13 atom stereocenters. The summed E-state index contributed by atoms with van der Waals surface area (Å²) in [6.07, 6.45) is -2.53. The standard InChI is InChI=1S/C39H61N5O14/c1-20-18-39(53-7,58-22(3)21(20)2)32(48)34(49)44-35-31-30(54-19-55-35)33(52-6)38(4,5)27(57-31)17-23-14-15-26(46)29(56-23)25(45)12-8-9-13-28(47)43-24(36(50)51)11-10-16-42-37(40)41/h8-9,12-13,21-24,26-27,29-33,35,46,48H,1,10-11,14-19H2,2-7H3,(H,43,47)(H,44,49)(H,50,51)(H4,40,41,42)/b12-8+,13-9+/t21-,22-,23-,24+,26+,27-,29?,30+,31+,32-,33-,35+,39-/m1/s1. The molecular weight excluding hydrogens is 762 g/mol. The van der Waals surface area contributed by atoms with Gasteiger partial charge in [-0.3, -0.25) is 30.8 Å². The number of fused-ring (bicyclic) bond motifs is 1. The van der Waals surface area contributed by atoms with E-state index in [0.717, 1.165) is 17.7 Å². The second kappa shape index (κ2) is 20.5. The smallest absolute Gasteiger partial charge is 0.338 e. The zero-order valence-corrected chi connectivity index (χ0v) is 34.0. The predicted octanol–water partition coefficient (Wildman–Crippen LogP) is -3.34. The Kier molecular flexibility index (Phi) is 16.5. The third-order valence-electron chi connectivity index (χ3n) is 11.5. The maximum atomic E-state index is 13.6. The fourth-order valence-corrected chi connectivity index (χ4v) is 7.87. The minimum atomic E-state index is -1.75. The first kappa shape index (κ1) is 46.9. The van der Waals surface area contributed by atoms with Crippen LogP contribution in [0.5, 0.6) is 0 Å². The van der Waals surface area contributed by atoms with E-state index in [9.17, 15) is 34.5 Å². The van der Waals surface area contributed by atoms with Crippen molar-refractivity contribution in [2.75, 3.05) is 27.6 Å². The zero-order chi connectivity index (χ0) is 42.9. The number of ketones is 1. The topological polar surface area (TPSA) is 286 Å². The van der Waals surface area contributed by atoms with Gasteiger partial charge in [0.15, 0.2) is 18.1 Å². The van der Waals surface area contributed by atoms with Crippen LogP contribution in [0.4, 0.5) is 0 Å². The molecule has 0 aromatic carbocycles. The van der Waals surface area contributed by atoms with Crippen LogP contribution in [0.25, 0.3) is 0 Å². The number of methoxy groups -OCH3 is 2. The maximum absolute atomic E-state index is 13.6. The molecule has 4 saturated heterocycles. The lowest BCUT2D eigenvalue weighted by Gasteiger charge is -2.54. The molecule has 0 radical (unpaired) electrons. The number of amides is 2. The maximum Gasteiger partial charge on any atom is 0.338 e. The van der Waals surface area contributed by atoms with Gasteiger partial charge in [-0.25, -0.2) is 0 Å². The average Bonchev–Trinajstić information content (AvgIpc) is 3.17. The Morgan fingerprint density at radius 2 is 1.79 bits per heavy atom. The number of aliphatic hydroxyl groups excluding tert-OH is 2. The first-order valence-corrected chi connectivity index (χ1v) is 19.5. The van der Waals surface area contributed by atoms with E-state index < -0.39 is 95.9 Å². The van der Waals surface area contributed by atoms with E-state index in [-0.39, 0.29) is 50.5 Å². The van der Waals surface area contributed by atoms with Crippen LogP contribution in [0.2, 0.25) is 0 Å². The molecule has 0 bridgehead atoms. The molecular formula is C39H61N5O14. The fourth-order valence-electron chi connectivity index (χ4n) is 7.87. The molecule has 58 heavy (non-hydrogen) atoms. The molecule has 4 aliphatic rings. The highest BCUT2D eigenvalue weighted by Gasteiger charge is 2.57. The molecule has 9 N–H and O–H groups in total. The molecule has 2 amide bonds. The molecule has 0 saturated carbocycles. The van der Waals surface area contributed by atoms with E-state index in [0.29, 0.717) is 19.4 Å². The van der Waals surface area contributed by atoms with Gasteiger partial charge in [-0.1, -0.05) is 45.1 Å². The minimum Gasteiger partial charge on any atom is -0.548 e. The van der Waals surface area contributed by atoms with Crippen LogP contribution in [0.3, 0.4) is 0 Å². The molecule has 0 spiro atoms. The molecule has 4 rings (SSSR count). The van der Waals surface area contributed by atoms with Crippen molar-refractivity contribution in [3.63, 3.8) is 0 Å². The second-order valence-corrected chi connectivity index (χ2v) is 15.9. The van der Waals surface area contributed by atoms with Gasteiger partial charge < -0.3 is 63.9 Å². The van der Waals surface area contributed by atoms with Crippen molar-refractivity contribution in [1.82, 2.24) is 10.6 Å². The third-order valence-corrected chi connectivity index (χ3v) is 11.5. The number of nitrogens with two attached hydrogens (primary N) is 2. The summed E-state index contributed by atoms with van der Waals surface area (Å²) >= 11 is 0. The van der Waals surface area contributed by atoms with Crippen LogP contribution in [0, 0.1) is 11.3 Å². The number of hydrogen-bond donors (Lipinski definition) is 7. The molecule has 19 nitrogen and oxygen atoms in total. The first-order chi connectivity index (χ1) is 27.3. The molecule has 4 heterocycles. The number of carboxylic acid groups (broad SMARTS) is 1. The van der Waals surface area contributed by atoms with Crippen molar-refractivity contribution < 1.29 is 72.6 Å². The van der Waals surface area contributed by atoms with Crippen molar-refractivity contribution in [3.05, 3.63) is 36.5 Å². The summed E-state index contributed by atoms with van der Waals surface area (Å²) in [5, 5.41) is 38.6. The highest BCUT2D eigenvalue weighted by molar-refractivity contribution is 5.95. The van der Waals surface area contributed by atoms with Crippen molar-refractivity contribution in [2.24, 2.45) is 22.8 Å². The van der Waals surface area contributed by atoms with Gasteiger partial charge >= 0.3 is 5.96 Å². The van der Waals surface area contributed by atoms with Gasteiger partial charge in [0, 0.05) is 44.5 Å². The largest absolute Gasteiger partial charge is 0.548 e. The summed E-state index contributed by atoms with van der Waals surface area (Å²) in [6, 6.07) is -1.26. The summed E-state index contributed by atoms with van der Waals surface area (Å²) in [7, 11) is 2.90. The third kappa shape index (κ3) is 11.3. The van der Waals surface area contributed by atoms with Crippen molar-refractivity contribution >= 4 is 29.5 Å². The number of allylic oxidation sites excluding steroid dienone is 2. The summed E-state index contributed by atoms with van der Waals surface area (Å²) in [4.78, 5) is 53.2. The SMILES string of the molecule is C=C1C[C@](OC)([C@H](O)C(=O)N[C@H]2OCO[C@H]3[C@@H]2O[C@H](C[C@H]2CC[C@H](O)C(C(=O)/C=C/C=C/C(=O)N[C@@H](CCC[NH+]=C(N)N)C(=O)[O-])O2)C(C)(C)[C@@H]3OC)O[C@H](C)[C@@H]1C. The molecule has 0 aromatic heterocycles. The number of aliphatic hydroxyl groups is 2. The lowest BCUT2D eigenvalue weighted by Crippen LogP contribution is -2.78. The van der Waals surface area contributed by atoms with Crippen LogP contribution in [-0.2, 0) is 52.3 Å². The normalized spacial score (nSPS) is 34.8. The molecule has 1 unspecified atom stereocenters. The number of carboxylic acids is 1. The molecule has 0 aromatic rings. The van der Waals surface area contributed by atoms with Gasteiger partial charge in [0.25, 0.3) is 5.91 Å². The quantitative estimate of drug-likeness (QED) is 0.0189. The fraction of sp³-hybridized carbons (Fsp3) is 0.718. The van der Waals surface area contributed by atoms with Gasteiger partial charge in [0.1, 0.15) is 25.1 Å². The number of guanidine groups is 1. The van der Waals surface area contributed by atoms with Crippen molar-refractivity contribution in [3.8, 4) is 0 Å². The van der Waals surface area contributed by atoms with Gasteiger partial charge in [-0.2, -0.15) is 0 Å². The van der Waals surface area contributed by atoms with Crippen molar-refractivity contribution in [1.29, 1.82) is 0 Å². The Labute approximate surface area is 338 Å². The summed E-state index contributed by atoms with van der Waals surface area (Å²) in [5.41, 5.74) is 10.7. The second-order valence-electron chi connectivity index (χ2n) is 15.9. The van der Waals surface area contributed by atoms with E-state index in [1.54, 1.807) is 7.11 Å². The van der Waals surface area contributed by atoms with E-state index in [4.69, 9.17) is 44.6 Å². The van der Waals surface area contributed by atoms with Crippen LogP contribution in [0.15, 0.2) is 36.5 Å². The highest BCUT2D eigenvalue weighted by Crippen LogP contribution is 2.45. The van der Waals surface area contributed by atoms with E-state index in [1.165, 1.54) is 19.3 Å². The van der Waals surface area contributed by atoms with E-state index in [2.05, 4.69) is 22.2 Å². The number of hydrogen-bond acceptors (Lipinski definition) is 14.